The van der Waals surface area contributed by atoms with Crippen LogP contribution >= 0.6 is 0 Å². The topological polar surface area (TPSA) is 43.8 Å². The third kappa shape index (κ3) is 9.77. The maximum absolute atomic E-state index is 11.8. The zero-order chi connectivity index (χ0) is 14.5. The van der Waals surface area contributed by atoms with Crippen molar-refractivity contribution < 1.29 is 9.90 Å². The molecule has 2 amide bonds. The SMILES string of the molecule is CCCCCCCCCCN(CCO)C(=O)N(C)C. The first-order chi connectivity index (χ1) is 9.13. The molecular weight excluding hydrogens is 240 g/mol. The summed E-state index contributed by atoms with van der Waals surface area (Å²) in [5.41, 5.74) is 0. The summed E-state index contributed by atoms with van der Waals surface area (Å²) in [5, 5.41) is 8.98. The largest absolute Gasteiger partial charge is 0.395 e. The molecule has 0 saturated heterocycles. The number of urea groups is 1. The van der Waals surface area contributed by atoms with E-state index in [9.17, 15) is 4.79 Å². The summed E-state index contributed by atoms with van der Waals surface area (Å²) in [7, 11) is 3.50. The molecular formula is C15H32N2O2. The third-order valence-corrected chi connectivity index (χ3v) is 3.30. The van der Waals surface area contributed by atoms with Crippen LogP contribution in [0.4, 0.5) is 4.79 Å². The summed E-state index contributed by atoms with van der Waals surface area (Å²) < 4.78 is 0. The van der Waals surface area contributed by atoms with E-state index in [1.807, 2.05) is 0 Å². The Hall–Kier alpha value is -0.770. The highest BCUT2D eigenvalue weighted by Crippen LogP contribution is 2.09. The molecule has 0 aromatic carbocycles. The van der Waals surface area contributed by atoms with E-state index in [2.05, 4.69) is 6.92 Å². The van der Waals surface area contributed by atoms with Gasteiger partial charge in [-0.2, -0.15) is 0 Å². The fourth-order valence-electron chi connectivity index (χ4n) is 2.14. The Morgan fingerprint density at radius 2 is 1.42 bits per heavy atom. The van der Waals surface area contributed by atoms with E-state index in [1.54, 1.807) is 23.9 Å². The van der Waals surface area contributed by atoms with Crippen LogP contribution in [0.5, 0.6) is 0 Å². The molecule has 114 valence electrons. The van der Waals surface area contributed by atoms with Gasteiger partial charge in [-0.3, -0.25) is 0 Å². The Morgan fingerprint density at radius 3 is 1.89 bits per heavy atom. The van der Waals surface area contributed by atoms with Gasteiger partial charge in [0.1, 0.15) is 0 Å². The number of amides is 2. The maximum Gasteiger partial charge on any atom is 0.319 e. The summed E-state index contributed by atoms with van der Waals surface area (Å²) in [6.45, 7) is 3.47. The van der Waals surface area contributed by atoms with Crippen LogP contribution in [-0.2, 0) is 0 Å². The summed E-state index contributed by atoms with van der Waals surface area (Å²) in [6.07, 6.45) is 10.1. The van der Waals surface area contributed by atoms with Gasteiger partial charge in [-0.1, -0.05) is 51.9 Å². The lowest BCUT2D eigenvalue weighted by atomic mass is 10.1. The first kappa shape index (κ1) is 18.2. The van der Waals surface area contributed by atoms with Crippen molar-refractivity contribution >= 4 is 6.03 Å². The van der Waals surface area contributed by atoms with E-state index in [0.29, 0.717) is 6.54 Å². The minimum atomic E-state index is -0.00278. The Balaban J connectivity index is 3.62. The highest BCUT2D eigenvalue weighted by molar-refractivity contribution is 5.73. The number of unbranched alkanes of at least 4 members (excludes halogenated alkanes) is 7. The number of carbonyl (C=O) groups excluding carboxylic acids is 1. The lowest BCUT2D eigenvalue weighted by molar-refractivity contribution is 0.153. The van der Waals surface area contributed by atoms with Crippen molar-refractivity contribution in [3.63, 3.8) is 0 Å². The fourth-order valence-corrected chi connectivity index (χ4v) is 2.14. The molecule has 0 aromatic heterocycles. The summed E-state index contributed by atoms with van der Waals surface area (Å²) in [6, 6.07) is -0.00278. The second-order valence-corrected chi connectivity index (χ2v) is 5.36. The fraction of sp³-hybridized carbons (Fsp3) is 0.933. The molecule has 1 N–H and O–H groups in total. The molecule has 0 radical (unpaired) electrons. The van der Waals surface area contributed by atoms with E-state index < -0.39 is 0 Å². The number of carbonyl (C=O) groups is 1. The van der Waals surface area contributed by atoms with E-state index in [-0.39, 0.29) is 12.6 Å². The predicted molar refractivity (Wildman–Crippen MR) is 80.4 cm³/mol. The number of nitrogens with zero attached hydrogens (tertiary/aromatic N) is 2. The van der Waals surface area contributed by atoms with Crippen molar-refractivity contribution in [3.05, 3.63) is 0 Å². The standard InChI is InChI=1S/C15H32N2O2/c1-4-5-6-7-8-9-10-11-12-17(13-14-18)15(19)16(2)3/h18H,4-14H2,1-3H3. The first-order valence-corrected chi connectivity index (χ1v) is 7.70. The van der Waals surface area contributed by atoms with Gasteiger partial charge < -0.3 is 14.9 Å². The van der Waals surface area contributed by atoms with Crippen LogP contribution < -0.4 is 0 Å². The summed E-state index contributed by atoms with van der Waals surface area (Å²) in [4.78, 5) is 15.1. The van der Waals surface area contributed by atoms with Gasteiger partial charge in [0.05, 0.1) is 6.61 Å². The van der Waals surface area contributed by atoms with Crippen molar-refractivity contribution in [2.75, 3.05) is 33.8 Å². The molecule has 0 aliphatic rings. The minimum absolute atomic E-state index is 0.00278. The van der Waals surface area contributed by atoms with Crippen molar-refractivity contribution in [3.8, 4) is 0 Å². The van der Waals surface area contributed by atoms with Gasteiger partial charge in [-0.05, 0) is 6.42 Å². The van der Waals surface area contributed by atoms with Crippen LogP contribution in [0.1, 0.15) is 58.3 Å². The van der Waals surface area contributed by atoms with Crippen LogP contribution in [0.3, 0.4) is 0 Å². The molecule has 0 fully saturated rings. The van der Waals surface area contributed by atoms with Crippen LogP contribution in [0.15, 0.2) is 0 Å². The van der Waals surface area contributed by atoms with Gasteiger partial charge in [-0.15, -0.1) is 0 Å². The van der Waals surface area contributed by atoms with Gasteiger partial charge in [0, 0.05) is 27.2 Å². The smallest absolute Gasteiger partial charge is 0.319 e. The summed E-state index contributed by atoms with van der Waals surface area (Å²) >= 11 is 0. The molecule has 4 heteroatoms. The van der Waals surface area contributed by atoms with Crippen LogP contribution in [0, 0.1) is 0 Å². The number of aliphatic hydroxyl groups excluding tert-OH is 1. The quantitative estimate of drug-likeness (QED) is 0.587. The molecule has 0 unspecified atom stereocenters. The molecule has 0 spiro atoms. The van der Waals surface area contributed by atoms with Crippen molar-refractivity contribution in [1.29, 1.82) is 0 Å². The van der Waals surface area contributed by atoms with E-state index in [4.69, 9.17) is 5.11 Å². The van der Waals surface area contributed by atoms with E-state index in [1.165, 1.54) is 44.9 Å². The van der Waals surface area contributed by atoms with E-state index >= 15 is 0 Å². The normalized spacial score (nSPS) is 10.5. The molecule has 0 aromatic rings. The summed E-state index contributed by atoms with van der Waals surface area (Å²) in [5.74, 6) is 0. The molecule has 0 aliphatic heterocycles. The zero-order valence-electron chi connectivity index (χ0n) is 13.0. The molecule has 4 nitrogen and oxygen atoms in total. The Morgan fingerprint density at radius 1 is 0.895 bits per heavy atom. The highest BCUT2D eigenvalue weighted by Gasteiger charge is 2.13. The number of rotatable bonds is 11. The highest BCUT2D eigenvalue weighted by atomic mass is 16.3. The molecule has 0 atom stereocenters. The average molecular weight is 272 g/mol. The zero-order valence-corrected chi connectivity index (χ0v) is 13.0. The van der Waals surface area contributed by atoms with Gasteiger partial charge in [0.15, 0.2) is 0 Å². The average Bonchev–Trinajstić information content (AvgIpc) is 2.39. The third-order valence-electron chi connectivity index (χ3n) is 3.30. The molecule has 0 saturated carbocycles. The van der Waals surface area contributed by atoms with E-state index in [0.717, 1.165) is 13.0 Å². The van der Waals surface area contributed by atoms with Crippen molar-refractivity contribution in [1.82, 2.24) is 9.80 Å². The predicted octanol–water partition coefficient (Wildman–Crippen LogP) is 3.10. The number of aliphatic hydroxyl groups is 1. The van der Waals surface area contributed by atoms with Crippen molar-refractivity contribution in [2.45, 2.75) is 58.3 Å². The van der Waals surface area contributed by atoms with Crippen LogP contribution in [-0.4, -0.2) is 54.7 Å². The second-order valence-electron chi connectivity index (χ2n) is 5.36. The second kappa shape index (κ2) is 12.3. The van der Waals surface area contributed by atoms with Crippen LogP contribution in [0.25, 0.3) is 0 Å². The van der Waals surface area contributed by atoms with Crippen molar-refractivity contribution in [2.24, 2.45) is 0 Å². The number of hydrogen-bond donors (Lipinski definition) is 1. The maximum atomic E-state index is 11.8. The molecule has 0 rings (SSSR count). The van der Waals surface area contributed by atoms with Gasteiger partial charge >= 0.3 is 6.03 Å². The lowest BCUT2D eigenvalue weighted by Crippen LogP contribution is -2.41. The minimum Gasteiger partial charge on any atom is -0.395 e. The van der Waals surface area contributed by atoms with Gasteiger partial charge in [0.2, 0.25) is 0 Å². The molecule has 0 heterocycles. The monoisotopic (exact) mass is 272 g/mol. The molecule has 0 aliphatic carbocycles. The Kier molecular flexibility index (Phi) is 11.8. The first-order valence-electron chi connectivity index (χ1n) is 7.70. The lowest BCUT2D eigenvalue weighted by Gasteiger charge is -2.25. The molecule has 0 bridgehead atoms. The number of hydrogen-bond acceptors (Lipinski definition) is 2. The molecule has 19 heavy (non-hydrogen) atoms. The van der Waals surface area contributed by atoms with Gasteiger partial charge in [0.25, 0.3) is 0 Å². The Labute approximate surface area is 118 Å². The van der Waals surface area contributed by atoms with Gasteiger partial charge in [-0.25, -0.2) is 4.79 Å². The Bertz CT molecular complexity index is 220. The van der Waals surface area contributed by atoms with Crippen LogP contribution in [0.2, 0.25) is 0 Å².